The van der Waals surface area contributed by atoms with Crippen LogP contribution in [-0.4, -0.2) is 42.3 Å². The molecule has 1 N–H and O–H groups in total. The number of aromatic nitrogens is 1. The molecule has 0 spiro atoms. The highest BCUT2D eigenvalue weighted by atomic mass is 16.5. The lowest BCUT2D eigenvalue weighted by atomic mass is 10.1. The number of ether oxygens (including phenoxy) is 1. The highest BCUT2D eigenvalue weighted by Crippen LogP contribution is 2.19. The van der Waals surface area contributed by atoms with Gasteiger partial charge in [0.05, 0.1) is 37.7 Å². The molecule has 0 bridgehead atoms. The first-order valence-electron chi connectivity index (χ1n) is 6.95. The van der Waals surface area contributed by atoms with Gasteiger partial charge in [-0.1, -0.05) is 0 Å². The van der Waals surface area contributed by atoms with Crippen molar-refractivity contribution in [2.24, 2.45) is 0 Å². The van der Waals surface area contributed by atoms with Crippen molar-refractivity contribution in [1.29, 1.82) is 0 Å². The summed E-state index contributed by atoms with van der Waals surface area (Å²) in [7, 11) is 3.17. The van der Waals surface area contributed by atoms with Crippen LogP contribution in [0.15, 0.2) is 22.8 Å². The minimum atomic E-state index is -0.436. The van der Waals surface area contributed by atoms with Gasteiger partial charge in [-0.3, -0.25) is 9.69 Å². The van der Waals surface area contributed by atoms with Crippen LogP contribution in [0.4, 0.5) is 0 Å². The number of rotatable bonds is 6. The maximum atomic E-state index is 12.4. The van der Waals surface area contributed by atoms with E-state index in [9.17, 15) is 9.59 Å². The van der Waals surface area contributed by atoms with E-state index in [1.54, 1.807) is 20.1 Å². The summed E-state index contributed by atoms with van der Waals surface area (Å²) in [5.41, 5.74) is 2.14. The largest absolute Gasteiger partial charge is 0.468 e. The summed E-state index contributed by atoms with van der Waals surface area (Å²) in [6.07, 6.45) is 1.60. The lowest BCUT2D eigenvalue weighted by molar-refractivity contribution is 0.0599. The zero-order valence-corrected chi connectivity index (χ0v) is 13.2. The molecule has 6 nitrogen and oxygen atoms in total. The van der Waals surface area contributed by atoms with Crippen molar-refractivity contribution in [3.63, 3.8) is 0 Å². The number of Topliss-reactive ketones (excluding diaryl/α,β-unsaturated/α-hetero) is 1. The molecule has 0 saturated heterocycles. The fourth-order valence-corrected chi connectivity index (χ4v) is 2.49. The molecule has 2 aromatic heterocycles. The van der Waals surface area contributed by atoms with Crippen LogP contribution in [0.3, 0.4) is 0 Å². The van der Waals surface area contributed by atoms with Crippen LogP contribution >= 0.6 is 0 Å². The number of ketones is 1. The van der Waals surface area contributed by atoms with E-state index in [-0.39, 0.29) is 12.3 Å². The number of carbonyl (C=O) groups is 2. The smallest absolute Gasteiger partial charge is 0.339 e. The average Bonchev–Trinajstić information content (AvgIpc) is 3.06. The summed E-state index contributed by atoms with van der Waals surface area (Å²) in [6, 6.07) is 3.67. The molecule has 0 fully saturated rings. The molecule has 0 saturated carbocycles. The number of nitrogens with one attached hydrogen (secondary N) is 1. The summed E-state index contributed by atoms with van der Waals surface area (Å²) in [5, 5.41) is 0. The second-order valence-corrected chi connectivity index (χ2v) is 5.29. The fourth-order valence-electron chi connectivity index (χ4n) is 2.49. The van der Waals surface area contributed by atoms with Gasteiger partial charge in [-0.2, -0.15) is 0 Å². The van der Waals surface area contributed by atoms with Crippen LogP contribution in [0.2, 0.25) is 0 Å². The van der Waals surface area contributed by atoms with Gasteiger partial charge in [0.2, 0.25) is 0 Å². The van der Waals surface area contributed by atoms with E-state index < -0.39 is 5.97 Å². The number of methoxy groups -OCH3 is 1. The van der Waals surface area contributed by atoms with Gasteiger partial charge in [-0.05, 0) is 38.6 Å². The average molecular weight is 304 g/mol. The minimum Gasteiger partial charge on any atom is -0.468 e. The predicted octanol–water partition coefficient (Wildman–Crippen LogP) is 2.33. The maximum absolute atomic E-state index is 12.4. The number of H-pyrrole nitrogens is 1. The van der Waals surface area contributed by atoms with Gasteiger partial charge in [0.1, 0.15) is 5.76 Å². The highest BCUT2D eigenvalue weighted by molar-refractivity contribution is 6.02. The molecule has 0 radical (unpaired) electrons. The van der Waals surface area contributed by atoms with Crippen molar-refractivity contribution in [2.45, 2.75) is 20.4 Å². The standard InChI is InChI=1S/C16H20N2O4/c1-10-14(16(20)21-4)11(2)17-15(10)13(19)9-18(3)8-12-6-5-7-22-12/h5-7,17H,8-9H2,1-4H3. The van der Waals surface area contributed by atoms with E-state index in [0.29, 0.717) is 29.1 Å². The second-order valence-electron chi connectivity index (χ2n) is 5.29. The Morgan fingerprint density at radius 3 is 2.68 bits per heavy atom. The number of nitrogens with zero attached hydrogens (tertiary/aromatic N) is 1. The molecule has 0 aliphatic heterocycles. The lowest BCUT2D eigenvalue weighted by Gasteiger charge is -2.13. The van der Waals surface area contributed by atoms with Crippen molar-refractivity contribution in [3.8, 4) is 0 Å². The van der Waals surface area contributed by atoms with Gasteiger partial charge in [0.15, 0.2) is 5.78 Å². The van der Waals surface area contributed by atoms with E-state index in [2.05, 4.69) is 4.98 Å². The Morgan fingerprint density at radius 1 is 1.36 bits per heavy atom. The fraction of sp³-hybridized carbons (Fsp3) is 0.375. The summed E-state index contributed by atoms with van der Waals surface area (Å²) < 4.78 is 10.0. The van der Waals surface area contributed by atoms with Crippen LogP contribution in [0, 0.1) is 13.8 Å². The summed E-state index contributed by atoms with van der Waals surface area (Å²) in [6.45, 7) is 4.27. The van der Waals surface area contributed by atoms with Crippen molar-refractivity contribution in [1.82, 2.24) is 9.88 Å². The molecular weight excluding hydrogens is 284 g/mol. The second kappa shape index (κ2) is 6.62. The van der Waals surface area contributed by atoms with Gasteiger partial charge in [-0.25, -0.2) is 4.79 Å². The molecular formula is C16H20N2O4. The third kappa shape index (κ3) is 3.28. The van der Waals surface area contributed by atoms with Crippen LogP contribution in [0.1, 0.15) is 37.9 Å². The Morgan fingerprint density at radius 2 is 2.09 bits per heavy atom. The Balaban J connectivity index is 2.11. The summed E-state index contributed by atoms with van der Waals surface area (Å²) in [4.78, 5) is 29.0. The molecule has 0 atom stereocenters. The third-order valence-electron chi connectivity index (χ3n) is 3.53. The van der Waals surface area contributed by atoms with Gasteiger partial charge >= 0.3 is 5.97 Å². The first-order chi connectivity index (χ1) is 10.4. The monoisotopic (exact) mass is 304 g/mol. The number of carbonyl (C=O) groups excluding carboxylic acids is 2. The van der Waals surface area contributed by atoms with Crippen molar-refractivity contribution in [3.05, 3.63) is 46.7 Å². The molecule has 0 aliphatic carbocycles. The SMILES string of the molecule is COC(=O)c1c(C)[nH]c(C(=O)CN(C)Cc2ccco2)c1C. The summed E-state index contributed by atoms with van der Waals surface area (Å²) >= 11 is 0. The van der Waals surface area contributed by atoms with E-state index in [1.807, 2.05) is 24.1 Å². The normalized spacial score (nSPS) is 11.0. The number of aryl methyl sites for hydroxylation is 1. The van der Waals surface area contributed by atoms with E-state index >= 15 is 0 Å². The quantitative estimate of drug-likeness (QED) is 0.655. The van der Waals surface area contributed by atoms with Gasteiger partial charge in [-0.15, -0.1) is 0 Å². The molecule has 118 valence electrons. The Hall–Kier alpha value is -2.34. The van der Waals surface area contributed by atoms with Crippen molar-refractivity contribution < 1.29 is 18.7 Å². The molecule has 2 rings (SSSR count). The maximum Gasteiger partial charge on any atom is 0.339 e. The van der Waals surface area contributed by atoms with Gasteiger partial charge in [0, 0.05) is 5.69 Å². The molecule has 2 heterocycles. The third-order valence-corrected chi connectivity index (χ3v) is 3.53. The zero-order chi connectivity index (χ0) is 16.3. The Kier molecular flexibility index (Phi) is 4.82. The van der Waals surface area contributed by atoms with Crippen LogP contribution in [0.25, 0.3) is 0 Å². The Bertz CT molecular complexity index is 671. The van der Waals surface area contributed by atoms with Crippen LogP contribution in [-0.2, 0) is 11.3 Å². The number of esters is 1. The number of hydrogen-bond acceptors (Lipinski definition) is 5. The van der Waals surface area contributed by atoms with E-state index in [0.717, 1.165) is 5.76 Å². The molecule has 0 aromatic carbocycles. The number of aromatic amines is 1. The zero-order valence-electron chi connectivity index (χ0n) is 13.2. The van der Waals surface area contributed by atoms with Gasteiger partial charge < -0.3 is 14.1 Å². The van der Waals surface area contributed by atoms with Gasteiger partial charge in [0.25, 0.3) is 0 Å². The molecule has 0 amide bonds. The number of likely N-dealkylation sites (N-methyl/N-ethyl adjacent to an activating group) is 1. The predicted molar refractivity (Wildman–Crippen MR) is 81.0 cm³/mol. The van der Waals surface area contributed by atoms with Crippen molar-refractivity contribution in [2.75, 3.05) is 20.7 Å². The van der Waals surface area contributed by atoms with E-state index in [1.165, 1.54) is 7.11 Å². The molecule has 22 heavy (non-hydrogen) atoms. The Labute approximate surface area is 129 Å². The highest BCUT2D eigenvalue weighted by Gasteiger charge is 2.23. The molecule has 0 unspecified atom stereocenters. The van der Waals surface area contributed by atoms with Crippen LogP contribution in [0.5, 0.6) is 0 Å². The number of furan rings is 1. The summed E-state index contributed by atoms with van der Waals surface area (Å²) in [5.74, 6) is 0.281. The van der Waals surface area contributed by atoms with Crippen LogP contribution < -0.4 is 0 Å². The first kappa shape index (κ1) is 16.0. The van der Waals surface area contributed by atoms with Crippen molar-refractivity contribution >= 4 is 11.8 Å². The molecule has 0 aliphatic rings. The topological polar surface area (TPSA) is 75.5 Å². The molecule has 6 heteroatoms. The minimum absolute atomic E-state index is 0.0789. The first-order valence-corrected chi connectivity index (χ1v) is 6.95. The molecule has 2 aromatic rings. The van der Waals surface area contributed by atoms with E-state index in [4.69, 9.17) is 9.15 Å². The lowest BCUT2D eigenvalue weighted by Crippen LogP contribution is -2.26. The number of hydrogen-bond donors (Lipinski definition) is 1.